The third kappa shape index (κ3) is 1.51. The minimum absolute atomic E-state index is 0.0412. The average molecular weight is 237 g/mol. The molecule has 4 heteroatoms. The first-order chi connectivity index (χ1) is 7.58. The van der Waals surface area contributed by atoms with E-state index < -0.39 is 0 Å². The van der Waals surface area contributed by atoms with E-state index in [1.54, 1.807) is 24.3 Å². The Morgan fingerprint density at radius 1 is 1.56 bits per heavy atom. The van der Waals surface area contributed by atoms with Crippen molar-refractivity contribution in [2.45, 2.75) is 12.0 Å². The molecule has 2 N–H and O–H groups in total. The lowest BCUT2D eigenvalue weighted by Gasteiger charge is -2.19. The molecule has 1 saturated carbocycles. The number of halogens is 1. The number of nitrogens with zero attached hydrogens (tertiary/aromatic N) is 1. The quantitative estimate of drug-likeness (QED) is 0.804. The third-order valence-electron chi connectivity index (χ3n) is 3.56. The van der Waals surface area contributed by atoms with Crippen LogP contribution in [0.25, 0.3) is 0 Å². The normalized spacial score (nSPS) is 31.4. The smallest absolute Gasteiger partial charge is 0.253 e. The number of nitrogens with two attached hydrogens (primary N) is 1. The summed E-state index contributed by atoms with van der Waals surface area (Å²) in [5.41, 5.74) is 6.63. The predicted octanol–water partition coefficient (Wildman–Crippen LogP) is 1.51. The highest BCUT2D eigenvalue weighted by Gasteiger charge is 2.58. The second-order valence-electron chi connectivity index (χ2n) is 4.83. The van der Waals surface area contributed by atoms with E-state index in [1.807, 2.05) is 4.90 Å². The Morgan fingerprint density at radius 2 is 2.38 bits per heavy atom. The van der Waals surface area contributed by atoms with Gasteiger partial charge >= 0.3 is 0 Å². The van der Waals surface area contributed by atoms with Gasteiger partial charge in [0.25, 0.3) is 5.91 Å². The maximum Gasteiger partial charge on any atom is 0.253 e. The summed E-state index contributed by atoms with van der Waals surface area (Å²) >= 11 is 5.86. The van der Waals surface area contributed by atoms with Gasteiger partial charge in [-0.3, -0.25) is 4.79 Å². The van der Waals surface area contributed by atoms with Crippen LogP contribution in [0.4, 0.5) is 0 Å². The molecule has 3 nitrogen and oxygen atoms in total. The van der Waals surface area contributed by atoms with E-state index in [2.05, 4.69) is 0 Å². The van der Waals surface area contributed by atoms with Crippen LogP contribution >= 0.6 is 11.6 Å². The Kier molecular flexibility index (Phi) is 2.03. The van der Waals surface area contributed by atoms with Crippen molar-refractivity contribution < 1.29 is 4.79 Å². The Morgan fingerprint density at radius 3 is 3.00 bits per heavy atom. The lowest BCUT2D eigenvalue weighted by atomic mass is 10.2. The van der Waals surface area contributed by atoms with Gasteiger partial charge in [-0.2, -0.15) is 0 Å². The molecule has 0 radical (unpaired) electrons. The predicted molar refractivity (Wildman–Crippen MR) is 62.4 cm³/mol. The van der Waals surface area contributed by atoms with Crippen molar-refractivity contribution in [1.29, 1.82) is 0 Å². The minimum Gasteiger partial charge on any atom is -0.336 e. The van der Waals surface area contributed by atoms with E-state index in [0.29, 0.717) is 23.0 Å². The van der Waals surface area contributed by atoms with Crippen LogP contribution in [0.15, 0.2) is 24.3 Å². The molecule has 0 unspecified atom stereocenters. The molecule has 1 saturated heterocycles. The number of benzene rings is 1. The fourth-order valence-electron chi connectivity index (χ4n) is 2.48. The first kappa shape index (κ1) is 10.1. The number of rotatable bonds is 1. The first-order valence-corrected chi connectivity index (χ1v) is 5.80. The van der Waals surface area contributed by atoms with E-state index >= 15 is 0 Å². The molecule has 2 atom stereocenters. The largest absolute Gasteiger partial charge is 0.336 e. The van der Waals surface area contributed by atoms with Crippen molar-refractivity contribution in [2.24, 2.45) is 11.7 Å². The molecular formula is C12H13ClN2O. The van der Waals surface area contributed by atoms with E-state index in [0.717, 1.165) is 13.0 Å². The van der Waals surface area contributed by atoms with Crippen molar-refractivity contribution in [3.05, 3.63) is 34.9 Å². The number of hydrogen-bond donors (Lipinski definition) is 1. The second kappa shape index (κ2) is 3.22. The lowest BCUT2D eigenvalue weighted by molar-refractivity contribution is 0.0772. The van der Waals surface area contributed by atoms with Crippen LogP contribution in [-0.4, -0.2) is 29.4 Å². The van der Waals surface area contributed by atoms with Crippen LogP contribution in [-0.2, 0) is 0 Å². The molecule has 0 spiro atoms. The molecule has 1 aromatic carbocycles. The van der Waals surface area contributed by atoms with E-state index in [1.165, 1.54) is 0 Å². The molecule has 0 bridgehead atoms. The maximum absolute atomic E-state index is 12.1. The third-order valence-corrected chi connectivity index (χ3v) is 3.80. The molecule has 1 aliphatic heterocycles. The van der Waals surface area contributed by atoms with Crippen molar-refractivity contribution >= 4 is 17.5 Å². The fourth-order valence-corrected chi connectivity index (χ4v) is 2.67. The van der Waals surface area contributed by atoms with Crippen molar-refractivity contribution in [3.8, 4) is 0 Å². The topological polar surface area (TPSA) is 46.3 Å². The van der Waals surface area contributed by atoms with Crippen molar-refractivity contribution in [1.82, 2.24) is 4.90 Å². The minimum atomic E-state index is -0.0891. The lowest BCUT2D eigenvalue weighted by Crippen LogP contribution is -2.36. The zero-order valence-corrected chi connectivity index (χ0v) is 9.57. The SMILES string of the molecule is N[C@@]12C[C@@H]1CN(C(=O)c1cccc(Cl)c1)C2. The number of piperidine rings is 1. The number of likely N-dealkylation sites (tertiary alicyclic amines) is 1. The molecule has 1 amide bonds. The van der Waals surface area contributed by atoms with Crippen LogP contribution in [0, 0.1) is 5.92 Å². The highest BCUT2D eigenvalue weighted by molar-refractivity contribution is 6.30. The van der Waals surface area contributed by atoms with Crippen LogP contribution in [0.3, 0.4) is 0 Å². The summed E-state index contributed by atoms with van der Waals surface area (Å²) in [6.07, 6.45) is 1.06. The molecular weight excluding hydrogens is 224 g/mol. The molecule has 1 heterocycles. The highest BCUT2D eigenvalue weighted by Crippen LogP contribution is 2.47. The molecule has 0 aromatic heterocycles. The second-order valence-corrected chi connectivity index (χ2v) is 5.27. The molecule has 1 aliphatic carbocycles. The highest BCUT2D eigenvalue weighted by atomic mass is 35.5. The van der Waals surface area contributed by atoms with E-state index in [-0.39, 0.29) is 11.4 Å². The van der Waals surface area contributed by atoms with E-state index in [4.69, 9.17) is 17.3 Å². The standard InChI is InChI=1S/C12H13ClN2O/c13-10-3-1-2-8(4-10)11(16)15-6-9-5-12(9,14)7-15/h1-4,9H,5-7,14H2/t9-,12-/m1/s1. The summed E-state index contributed by atoms with van der Waals surface area (Å²) in [6, 6.07) is 7.06. The number of carbonyl (C=O) groups excluding carboxylic acids is 1. The first-order valence-electron chi connectivity index (χ1n) is 5.42. The molecule has 84 valence electrons. The van der Waals surface area contributed by atoms with Crippen LogP contribution in [0.1, 0.15) is 16.8 Å². The van der Waals surface area contributed by atoms with Gasteiger partial charge in [0, 0.05) is 29.2 Å². The Balaban J connectivity index is 1.79. The van der Waals surface area contributed by atoms with Gasteiger partial charge in [0.1, 0.15) is 0 Å². The molecule has 1 aromatic rings. The number of hydrogen-bond acceptors (Lipinski definition) is 2. The van der Waals surface area contributed by atoms with Crippen LogP contribution in [0.2, 0.25) is 5.02 Å². The van der Waals surface area contributed by atoms with Gasteiger partial charge in [-0.05, 0) is 30.5 Å². The Labute approximate surface area is 99.2 Å². The molecule has 16 heavy (non-hydrogen) atoms. The molecule has 3 rings (SSSR count). The number of carbonyl (C=O) groups is 1. The summed E-state index contributed by atoms with van der Waals surface area (Å²) in [6.45, 7) is 1.48. The van der Waals surface area contributed by atoms with Crippen LogP contribution in [0.5, 0.6) is 0 Å². The zero-order chi connectivity index (χ0) is 11.3. The van der Waals surface area contributed by atoms with Gasteiger partial charge in [0.2, 0.25) is 0 Å². The molecule has 2 fully saturated rings. The summed E-state index contributed by atoms with van der Waals surface area (Å²) in [5, 5.41) is 0.595. The van der Waals surface area contributed by atoms with Crippen molar-refractivity contribution in [2.75, 3.05) is 13.1 Å². The van der Waals surface area contributed by atoms with Gasteiger partial charge in [0.15, 0.2) is 0 Å². The van der Waals surface area contributed by atoms with Gasteiger partial charge in [-0.25, -0.2) is 0 Å². The summed E-state index contributed by atoms with van der Waals surface area (Å²) in [7, 11) is 0. The number of amides is 1. The zero-order valence-electron chi connectivity index (χ0n) is 8.82. The number of fused-ring (bicyclic) bond motifs is 1. The Bertz CT molecular complexity index is 462. The Hall–Kier alpha value is -1.06. The summed E-state index contributed by atoms with van der Waals surface area (Å²) < 4.78 is 0. The summed E-state index contributed by atoms with van der Waals surface area (Å²) in [5.74, 6) is 0.551. The van der Waals surface area contributed by atoms with Crippen LogP contribution < -0.4 is 5.73 Å². The van der Waals surface area contributed by atoms with Crippen molar-refractivity contribution in [3.63, 3.8) is 0 Å². The fraction of sp³-hybridized carbons (Fsp3) is 0.417. The summed E-state index contributed by atoms with van der Waals surface area (Å²) in [4.78, 5) is 14.0. The van der Waals surface area contributed by atoms with Gasteiger partial charge < -0.3 is 10.6 Å². The maximum atomic E-state index is 12.1. The molecule has 2 aliphatic rings. The average Bonchev–Trinajstić information content (AvgIpc) is 2.76. The monoisotopic (exact) mass is 236 g/mol. The van der Waals surface area contributed by atoms with E-state index in [9.17, 15) is 4.79 Å². The van der Waals surface area contributed by atoms with Gasteiger partial charge in [-0.1, -0.05) is 17.7 Å². The van der Waals surface area contributed by atoms with Gasteiger partial charge in [-0.15, -0.1) is 0 Å². The van der Waals surface area contributed by atoms with Gasteiger partial charge in [0.05, 0.1) is 0 Å².